The summed E-state index contributed by atoms with van der Waals surface area (Å²) in [5.41, 5.74) is 0. The van der Waals surface area contributed by atoms with Crippen molar-refractivity contribution in [3.8, 4) is 0 Å². The van der Waals surface area contributed by atoms with E-state index >= 15 is 0 Å². The maximum absolute atomic E-state index is 6.11. The Bertz CT molecular complexity index is 296. The Balaban J connectivity index is 2.06. The lowest BCUT2D eigenvalue weighted by Gasteiger charge is -2.47. The van der Waals surface area contributed by atoms with Gasteiger partial charge in [0.05, 0.1) is 26.4 Å². The molecule has 0 aromatic heterocycles. The molecule has 2 aliphatic heterocycles. The van der Waals surface area contributed by atoms with Crippen LogP contribution in [0.1, 0.15) is 34.6 Å². The van der Waals surface area contributed by atoms with Crippen molar-refractivity contribution in [2.75, 3.05) is 39.6 Å². The fourth-order valence-electron chi connectivity index (χ4n) is 3.58. The molecule has 0 aromatic carbocycles. The number of rotatable bonds is 5. The first-order valence-corrected chi connectivity index (χ1v) is 8.34. The summed E-state index contributed by atoms with van der Waals surface area (Å²) in [6, 6.07) is 1.70. The summed E-state index contributed by atoms with van der Waals surface area (Å²) in [6.45, 7) is 15.9. The number of morpholine rings is 2. The zero-order valence-corrected chi connectivity index (χ0v) is 14.2. The van der Waals surface area contributed by atoms with E-state index in [0.29, 0.717) is 24.2 Å². The van der Waals surface area contributed by atoms with E-state index < -0.39 is 0 Å². The zero-order chi connectivity index (χ0) is 15.4. The monoisotopic (exact) mass is 300 g/mol. The van der Waals surface area contributed by atoms with Gasteiger partial charge < -0.3 is 14.2 Å². The first-order chi connectivity index (χ1) is 10.0. The van der Waals surface area contributed by atoms with E-state index in [4.69, 9.17) is 14.2 Å². The Morgan fingerprint density at radius 3 is 1.86 bits per heavy atom. The van der Waals surface area contributed by atoms with Crippen molar-refractivity contribution < 1.29 is 14.2 Å². The van der Waals surface area contributed by atoms with E-state index in [1.165, 1.54) is 0 Å². The van der Waals surface area contributed by atoms with Crippen molar-refractivity contribution in [2.24, 2.45) is 0 Å². The molecule has 5 unspecified atom stereocenters. The van der Waals surface area contributed by atoms with Gasteiger partial charge in [-0.05, 0) is 34.6 Å². The highest BCUT2D eigenvalue weighted by Crippen LogP contribution is 2.21. The molecule has 0 bridgehead atoms. The number of hydrogen-bond acceptors (Lipinski definition) is 5. The van der Waals surface area contributed by atoms with Crippen LogP contribution in [0.4, 0.5) is 0 Å². The van der Waals surface area contributed by atoms with Gasteiger partial charge in [-0.3, -0.25) is 9.80 Å². The van der Waals surface area contributed by atoms with Gasteiger partial charge in [0.1, 0.15) is 6.23 Å². The van der Waals surface area contributed by atoms with Crippen molar-refractivity contribution in [3.63, 3.8) is 0 Å². The molecule has 5 heteroatoms. The standard InChI is InChI=1S/C16H32N2O3/c1-6-21-16(18-14(4)10-20-11-15(18)5)7-17-12(2)8-19-9-13(17)3/h12-16H,6-11H2,1-5H3. The molecule has 2 aliphatic rings. The summed E-state index contributed by atoms with van der Waals surface area (Å²) in [4.78, 5) is 5.01. The minimum absolute atomic E-state index is 0.131. The molecule has 0 N–H and O–H groups in total. The SMILES string of the molecule is CCOC(CN1C(C)COCC1C)N1C(C)COCC1C. The molecule has 2 fully saturated rings. The molecule has 124 valence electrons. The van der Waals surface area contributed by atoms with Crippen LogP contribution in [0.15, 0.2) is 0 Å². The smallest absolute Gasteiger partial charge is 0.124 e. The van der Waals surface area contributed by atoms with Crippen molar-refractivity contribution in [3.05, 3.63) is 0 Å². The second-order valence-electron chi connectivity index (χ2n) is 6.52. The summed E-state index contributed by atoms with van der Waals surface area (Å²) >= 11 is 0. The molecule has 5 atom stereocenters. The third-order valence-corrected chi connectivity index (χ3v) is 4.65. The molecule has 0 amide bonds. The van der Waals surface area contributed by atoms with E-state index in [9.17, 15) is 0 Å². The normalized spacial score (nSPS) is 37.6. The first kappa shape index (κ1) is 17.2. The van der Waals surface area contributed by atoms with Crippen molar-refractivity contribution >= 4 is 0 Å². The Labute approximate surface area is 129 Å². The lowest BCUT2D eigenvalue weighted by atomic mass is 10.1. The van der Waals surface area contributed by atoms with Crippen LogP contribution >= 0.6 is 0 Å². The predicted octanol–water partition coefficient (Wildman–Crippen LogP) is 1.57. The lowest BCUT2D eigenvalue weighted by molar-refractivity contribution is -0.162. The first-order valence-electron chi connectivity index (χ1n) is 8.34. The molecule has 0 saturated carbocycles. The highest BCUT2D eigenvalue weighted by Gasteiger charge is 2.35. The molecule has 0 radical (unpaired) electrons. The van der Waals surface area contributed by atoms with Gasteiger partial charge in [0.25, 0.3) is 0 Å². The quantitative estimate of drug-likeness (QED) is 0.770. The van der Waals surface area contributed by atoms with Crippen molar-refractivity contribution in [2.45, 2.75) is 65.0 Å². The van der Waals surface area contributed by atoms with E-state index in [-0.39, 0.29) is 6.23 Å². The number of nitrogens with zero attached hydrogens (tertiary/aromatic N) is 2. The molecule has 5 nitrogen and oxygen atoms in total. The van der Waals surface area contributed by atoms with Crippen LogP contribution in [-0.4, -0.2) is 79.8 Å². The Morgan fingerprint density at radius 1 is 0.905 bits per heavy atom. The van der Waals surface area contributed by atoms with E-state index in [0.717, 1.165) is 39.6 Å². The number of hydrogen-bond donors (Lipinski definition) is 0. The van der Waals surface area contributed by atoms with E-state index in [1.54, 1.807) is 0 Å². The van der Waals surface area contributed by atoms with Crippen molar-refractivity contribution in [1.29, 1.82) is 0 Å². The van der Waals surface area contributed by atoms with Crippen LogP contribution in [0, 0.1) is 0 Å². The van der Waals surface area contributed by atoms with Gasteiger partial charge in [-0.25, -0.2) is 0 Å². The minimum atomic E-state index is 0.131. The summed E-state index contributed by atoms with van der Waals surface area (Å²) in [5, 5.41) is 0. The van der Waals surface area contributed by atoms with Gasteiger partial charge in [0, 0.05) is 37.3 Å². The molecule has 0 aliphatic carbocycles. The maximum atomic E-state index is 6.11. The van der Waals surface area contributed by atoms with Gasteiger partial charge in [0.2, 0.25) is 0 Å². The van der Waals surface area contributed by atoms with Crippen molar-refractivity contribution in [1.82, 2.24) is 9.80 Å². The lowest BCUT2D eigenvalue weighted by Crippen LogP contribution is -2.61. The van der Waals surface area contributed by atoms with Gasteiger partial charge in [-0.15, -0.1) is 0 Å². The van der Waals surface area contributed by atoms with Gasteiger partial charge in [-0.2, -0.15) is 0 Å². The molecular weight excluding hydrogens is 268 g/mol. The van der Waals surface area contributed by atoms with Crippen LogP contribution < -0.4 is 0 Å². The van der Waals surface area contributed by atoms with E-state index in [1.807, 2.05) is 0 Å². The second kappa shape index (κ2) is 7.88. The summed E-state index contributed by atoms with van der Waals surface area (Å²) in [6.07, 6.45) is 0.131. The highest BCUT2D eigenvalue weighted by molar-refractivity contribution is 4.85. The molecule has 0 aromatic rings. The van der Waals surface area contributed by atoms with Crippen LogP contribution in [0.3, 0.4) is 0 Å². The zero-order valence-electron chi connectivity index (χ0n) is 14.2. The predicted molar refractivity (Wildman–Crippen MR) is 83.4 cm³/mol. The highest BCUT2D eigenvalue weighted by atomic mass is 16.5. The molecular formula is C16H32N2O3. The summed E-state index contributed by atoms with van der Waals surface area (Å²) in [5.74, 6) is 0. The Kier molecular flexibility index (Phi) is 6.44. The van der Waals surface area contributed by atoms with Gasteiger partial charge in [-0.1, -0.05) is 0 Å². The molecule has 2 rings (SSSR count). The molecule has 21 heavy (non-hydrogen) atoms. The Hall–Kier alpha value is -0.200. The largest absolute Gasteiger partial charge is 0.378 e. The Morgan fingerprint density at radius 2 is 1.38 bits per heavy atom. The maximum Gasteiger partial charge on any atom is 0.124 e. The number of ether oxygens (including phenoxy) is 3. The van der Waals surface area contributed by atoms with Gasteiger partial charge in [0.15, 0.2) is 0 Å². The van der Waals surface area contributed by atoms with Crippen LogP contribution in [0.25, 0.3) is 0 Å². The third kappa shape index (κ3) is 4.17. The van der Waals surface area contributed by atoms with Gasteiger partial charge >= 0.3 is 0 Å². The molecule has 2 heterocycles. The van der Waals surface area contributed by atoms with Crippen LogP contribution in [-0.2, 0) is 14.2 Å². The van der Waals surface area contributed by atoms with E-state index in [2.05, 4.69) is 44.4 Å². The summed E-state index contributed by atoms with van der Waals surface area (Å²) < 4.78 is 17.4. The average molecular weight is 300 g/mol. The van der Waals surface area contributed by atoms with Crippen LogP contribution in [0.2, 0.25) is 0 Å². The molecule has 0 spiro atoms. The third-order valence-electron chi connectivity index (χ3n) is 4.65. The fraction of sp³-hybridized carbons (Fsp3) is 1.00. The topological polar surface area (TPSA) is 34.2 Å². The summed E-state index contributed by atoms with van der Waals surface area (Å²) in [7, 11) is 0. The molecule has 2 saturated heterocycles. The average Bonchev–Trinajstić information content (AvgIpc) is 2.42. The minimum Gasteiger partial charge on any atom is -0.378 e. The van der Waals surface area contributed by atoms with Crippen LogP contribution in [0.5, 0.6) is 0 Å². The fourth-order valence-corrected chi connectivity index (χ4v) is 3.58. The second-order valence-corrected chi connectivity index (χ2v) is 6.52.